The molecule has 166 valence electrons. The topological polar surface area (TPSA) is 94.3 Å². The van der Waals surface area contributed by atoms with E-state index in [1.54, 1.807) is 30.8 Å². The van der Waals surface area contributed by atoms with E-state index in [1.165, 1.54) is 0 Å². The van der Waals surface area contributed by atoms with Crippen LogP contribution in [0.15, 0.2) is 28.8 Å². The summed E-state index contributed by atoms with van der Waals surface area (Å²) in [7, 11) is 1.61. The number of piperidine rings is 1. The molecule has 2 aliphatic heterocycles. The first-order valence-corrected chi connectivity index (χ1v) is 10.4. The van der Waals surface area contributed by atoms with Gasteiger partial charge in [-0.15, -0.1) is 0 Å². The normalized spacial score (nSPS) is 19.5. The van der Waals surface area contributed by atoms with Crippen molar-refractivity contribution in [3.63, 3.8) is 0 Å². The Hall–Kier alpha value is -3.23. The molecule has 9 heteroatoms. The van der Waals surface area contributed by atoms with Crippen LogP contribution in [-0.4, -0.2) is 72.5 Å². The smallest absolute Gasteiger partial charge is 0.410 e. The first-order valence-electron chi connectivity index (χ1n) is 10.4. The minimum Gasteiger partial charge on any atom is -0.497 e. The summed E-state index contributed by atoms with van der Waals surface area (Å²) in [5.41, 5.74) is 1.14. The van der Waals surface area contributed by atoms with Gasteiger partial charge in [-0.3, -0.25) is 4.79 Å². The zero-order valence-electron chi connectivity index (χ0n) is 18.0. The van der Waals surface area contributed by atoms with E-state index in [-0.39, 0.29) is 30.8 Å². The molecule has 0 aliphatic carbocycles. The van der Waals surface area contributed by atoms with E-state index in [4.69, 9.17) is 18.7 Å². The van der Waals surface area contributed by atoms with E-state index >= 15 is 0 Å². The fourth-order valence-electron chi connectivity index (χ4n) is 4.11. The summed E-state index contributed by atoms with van der Waals surface area (Å²) in [4.78, 5) is 28.8. The summed E-state index contributed by atoms with van der Waals surface area (Å²) >= 11 is 0. The lowest BCUT2D eigenvalue weighted by Gasteiger charge is -2.35. The summed E-state index contributed by atoms with van der Waals surface area (Å²) in [6.07, 6.45) is 0.766. The highest BCUT2D eigenvalue weighted by atomic mass is 16.6. The Bertz CT molecular complexity index is 914. The number of amides is 2. The van der Waals surface area contributed by atoms with Crippen molar-refractivity contribution in [1.82, 2.24) is 15.0 Å². The molecule has 0 radical (unpaired) electrons. The van der Waals surface area contributed by atoms with Gasteiger partial charge in [0.05, 0.1) is 19.3 Å². The second-order valence-electron chi connectivity index (χ2n) is 7.87. The fourth-order valence-corrected chi connectivity index (χ4v) is 4.11. The van der Waals surface area contributed by atoms with Crippen molar-refractivity contribution in [2.75, 3.05) is 33.4 Å². The van der Waals surface area contributed by atoms with E-state index in [9.17, 15) is 9.59 Å². The molecule has 2 fully saturated rings. The van der Waals surface area contributed by atoms with Crippen LogP contribution in [0.4, 0.5) is 4.79 Å². The number of hydrogen-bond acceptors (Lipinski definition) is 7. The van der Waals surface area contributed by atoms with Crippen molar-refractivity contribution in [3.8, 4) is 11.5 Å². The van der Waals surface area contributed by atoms with Crippen molar-refractivity contribution in [2.24, 2.45) is 0 Å². The molecule has 1 atom stereocenters. The number of ether oxygens (including phenoxy) is 3. The summed E-state index contributed by atoms with van der Waals surface area (Å²) in [6.45, 7) is 5.43. The maximum absolute atomic E-state index is 12.8. The van der Waals surface area contributed by atoms with Crippen LogP contribution in [0, 0.1) is 13.8 Å². The molecule has 4 rings (SSSR count). The third kappa shape index (κ3) is 4.45. The Kier molecular flexibility index (Phi) is 6.01. The predicted molar refractivity (Wildman–Crippen MR) is 110 cm³/mol. The highest BCUT2D eigenvalue weighted by molar-refractivity contribution is 5.96. The quantitative estimate of drug-likeness (QED) is 0.697. The van der Waals surface area contributed by atoms with Gasteiger partial charge in [0.2, 0.25) is 0 Å². The molecule has 1 unspecified atom stereocenters. The number of carbonyl (C=O) groups excluding carboxylic acids is 2. The maximum Gasteiger partial charge on any atom is 0.410 e. The lowest BCUT2D eigenvalue weighted by molar-refractivity contribution is 0.0656. The van der Waals surface area contributed by atoms with Crippen molar-refractivity contribution in [3.05, 3.63) is 41.3 Å². The number of likely N-dealkylation sites (tertiary alicyclic amines) is 1. The Morgan fingerprint density at radius 2 is 1.84 bits per heavy atom. The summed E-state index contributed by atoms with van der Waals surface area (Å²) in [6, 6.07) is 7.32. The van der Waals surface area contributed by atoms with Crippen LogP contribution < -0.4 is 9.47 Å². The lowest BCUT2D eigenvalue weighted by Crippen LogP contribution is -2.47. The second kappa shape index (κ2) is 8.87. The van der Waals surface area contributed by atoms with Crippen LogP contribution in [0.3, 0.4) is 0 Å². The predicted octanol–water partition coefficient (Wildman–Crippen LogP) is 2.80. The van der Waals surface area contributed by atoms with Gasteiger partial charge in [0.15, 0.2) is 6.10 Å². The molecule has 0 bridgehead atoms. The van der Waals surface area contributed by atoms with E-state index in [2.05, 4.69) is 5.16 Å². The zero-order chi connectivity index (χ0) is 22.0. The zero-order valence-corrected chi connectivity index (χ0v) is 18.0. The Morgan fingerprint density at radius 1 is 1.16 bits per heavy atom. The number of benzene rings is 1. The van der Waals surface area contributed by atoms with Gasteiger partial charge in [-0.1, -0.05) is 5.16 Å². The van der Waals surface area contributed by atoms with Crippen LogP contribution in [0.5, 0.6) is 11.5 Å². The largest absolute Gasteiger partial charge is 0.497 e. The number of cyclic esters (lactones) is 1. The number of carbonyl (C=O) groups is 2. The number of aryl methyl sites for hydroxylation is 2. The van der Waals surface area contributed by atoms with Crippen LogP contribution in [0.1, 0.15) is 34.7 Å². The molecule has 1 aromatic carbocycles. The molecule has 2 aromatic rings. The number of nitrogens with zero attached hydrogens (tertiary/aromatic N) is 3. The molecular weight excluding hydrogens is 402 g/mol. The monoisotopic (exact) mass is 429 g/mol. The molecule has 0 N–H and O–H groups in total. The fraction of sp³-hybridized carbons (Fsp3) is 0.500. The maximum atomic E-state index is 12.8. The molecule has 2 amide bonds. The second-order valence-corrected chi connectivity index (χ2v) is 7.87. The van der Waals surface area contributed by atoms with Crippen LogP contribution in [-0.2, 0) is 4.74 Å². The van der Waals surface area contributed by atoms with Gasteiger partial charge in [0.1, 0.15) is 29.4 Å². The lowest BCUT2D eigenvalue weighted by atomic mass is 10.0. The van der Waals surface area contributed by atoms with Crippen LogP contribution in [0.25, 0.3) is 0 Å². The minimum atomic E-state index is -0.323. The standard InChI is InChI=1S/C22H27N3O6/c1-14-20(15(2)31-23-14)21(26)24-10-8-16(9-11-24)25-12-19(30-22(25)27)13-29-18-6-4-17(28-3)5-7-18/h4-7,16,19H,8-13H2,1-3H3. The van der Waals surface area contributed by atoms with Crippen LogP contribution in [0.2, 0.25) is 0 Å². The van der Waals surface area contributed by atoms with Crippen molar-refractivity contribution in [1.29, 1.82) is 0 Å². The molecule has 3 heterocycles. The SMILES string of the molecule is COc1ccc(OCC2CN(C3CCN(C(=O)c4c(C)noc4C)CC3)C(=O)O2)cc1. The van der Waals surface area contributed by atoms with Gasteiger partial charge in [-0.05, 0) is 51.0 Å². The van der Waals surface area contributed by atoms with Gasteiger partial charge < -0.3 is 28.5 Å². The Labute approximate surface area is 180 Å². The highest BCUT2D eigenvalue weighted by Crippen LogP contribution is 2.25. The van der Waals surface area contributed by atoms with Gasteiger partial charge in [-0.25, -0.2) is 4.79 Å². The Morgan fingerprint density at radius 3 is 2.45 bits per heavy atom. The molecule has 0 saturated carbocycles. The third-order valence-electron chi connectivity index (χ3n) is 5.84. The molecule has 31 heavy (non-hydrogen) atoms. The van der Waals surface area contributed by atoms with E-state index < -0.39 is 0 Å². The van der Waals surface area contributed by atoms with Gasteiger partial charge >= 0.3 is 6.09 Å². The molecule has 1 aromatic heterocycles. The van der Waals surface area contributed by atoms with E-state index in [0.717, 1.165) is 5.75 Å². The first kappa shape index (κ1) is 21.0. The number of methoxy groups -OCH3 is 1. The molecular formula is C22H27N3O6. The average molecular weight is 429 g/mol. The first-order chi connectivity index (χ1) is 15.0. The molecule has 0 spiro atoms. The van der Waals surface area contributed by atoms with Gasteiger partial charge in [0, 0.05) is 19.1 Å². The molecule has 2 aliphatic rings. The van der Waals surface area contributed by atoms with Crippen molar-refractivity contribution >= 4 is 12.0 Å². The molecule has 9 nitrogen and oxygen atoms in total. The number of aromatic nitrogens is 1. The number of hydrogen-bond donors (Lipinski definition) is 0. The highest BCUT2D eigenvalue weighted by Gasteiger charge is 2.38. The summed E-state index contributed by atoms with van der Waals surface area (Å²) < 4.78 is 21.5. The third-order valence-corrected chi connectivity index (χ3v) is 5.84. The van der Waals surface area contributed by atoms with Crippen LogP contribution >= 0.6 is 0 Å². The van der Waals surface area contributed by atoms with Crippen molar-refractivity contribution < 1.29 is 28.3 Å². The summed E-state index contributed by atoms with van der Waals surface area (Å²) in [5.74, 6) is 1.92. The van der Waals surface area contributed by atoms with E-state index in [1.807, 2.05) is 24.3 Å². The average Bonchev–Trinajstić information content (AvgIpc) is 3.33. The van der Waals surface area contributed by atoms with E-state index in [0.29, 0.717) is 55.2 Å². The van der Waals surface area contributed by atoms with Gasteiger partial charge in [0.25, 0.3) is 5.91 Å². The minimum absolute atomic E-state index is 0.0483. The van der Waals surface area contributed by atoms with Gasteiger partial charge in [-0.2, -0.15) is 0 Å². The summed E-state index contributed by atoms with van der Waals surface area (Å²) in [5, 5.41) is 3.87. The molecule has 2 saturated heterocycles. The van der Waals surface area contributed by atoms with Crippen molar-refractivity contribution in [2.45, 2.75) is 38.8 Å². The number of rotatable bonds is 6. The Balaban J connectivity index is 1.28.